The number of hydrogen-bond donors (Lipinski definition) is 1. The maximum Gasteiger partial charge on any atom is 0.123 e. The number of piperidine rings is 1. The first kappa shape index (κ1) is 16.8. The summed E-state index contributed by atoms with van der Waals surface area (Å²) in [4.78, 5) is 5.92. The molecule has 1 aliphatic carbocycles. The highest BCUT2D eigenvalue weighted by Crippen LogP contribution is 2.36. The maximum atomic E-state index is 13.6. The van der Waals surface area contributed by atoms with Crippen LogP contribution in [0.15, 0.2) is 66.9 Å². The molecule has 0 amide bonds. The molecule has 3 aliphatic rings. The van der Waals surface area contributed by atoms with E-state index < -0.39 is 0 Å². The van der Waals surface area contributed by atoms with Crippen molar-refractivity contribution in [2.45, 2.75) is 25.3 Å². The van der Waals surface area contributed by atoms with Crippen LogP contribution in [-0.4, -0.2) is 29.0 Å². The van der Waals surface area contributed by atoms with Gasteiger partial charge in [-0.05, 0) is 60.4 Å². The Kier molecular flexibility index (Phi) is 4.33. The number of halogens is 1. The second-order valence-electron chi connectivity index (χ2n) is 8.07. The van der Waals surface area contributed by atoms with Gasteiger partial charge in [0.05, 0.1) is 0 Å². The third-order valence-corrected chi connectivity index (χ3v) is 6.30. The molecule has 0 radical (unpaired) electrons. The summed E-state index contributed by atoms with van der Waals surface area (Å²) >= 11 is 0. The Morgan fingerprint density at radius 1 is 1.07 bits per heavy atom. The molecule has 2 nitrogen and oxygen atoms in total. The van der Waals surface area contributed by atoms with E-state index >= 15 is 0 Å². The van der Waals surface area contributed by atoms with Crippen LogP contribution in [0, 0.1) is 17.7 Å². The number of aromatic nitrogens is 1. The number of fused-ring (bicyclic) bond motifs is 3. The van der Waals surface area contributed by atoms with E-state index in [4.69, 9.17) is 0 Å². The van der Waals surface area contributed by atoms with Gasteiger partial charge in [-0.3, -0.25) is 4.90 Å². The molecule has 3 heteroatoms. The lowest BCUT2D eigenvalue weighted by molar-refractivity contribution is 0.0846. The average Bonchev–Trinajstić information content (AvgIpc) is 3.10. The van der Waals surface area contributed by atoms with E-state index in [1.807, 2.05) is 12.3 Å². The van der Waals surface area contributed by atoms with E-state index in [2.05, 4.69) is 52.4 Å². The largest absolute Gasteiger partial charge is 0.361 e. The normalized spacial score (nSPS) is 24.7. The van der Waals surface area contributed by atoms with Crippen molar-refractivity contribution < 1.29 is 4.39 Å². The van der Waals surface area contributed by atoms with E-state index in [0.717, 1.165) is 36.8 Å². The van der Waals surface area contributed by atoms with Gasteiger partial charge in [-0.15, -0.1) is 0 Å². The third-order valence-electron chi connectivity index (χ3n) is 6.30. The van der Waals surface area contributed by atoms with Crippen LogP contribution in [-0.2, 0) is 12.8 Å². The van der Waals surface area contributed by atoms with Gasteiger partial charge in [0.25, 0.3) is 0 Å². The molecule has 6 rings (SSSR count). The third kappa shape index (κ3) is 3.32. The van der Waals surface area contributed by atoms with Gasteiger partial charge >= 0.3 is 0 Å². The molecule has 3 aromatic rings. The number of nitrogens with one attached hydrogen (secondary N) is 1. The topological polar surface area (TPSA) is 19.0 Å². The van der Waals surface area contributed by atoms with Crippen LogP contribution in [0.2, 0.25) is 0 Å². The molecule has 27 heavy (non-hydrogen) atoms. The summed E-state index contributed by atoms with van der Waals surface area (Å²) in [6.45, 7) is 2.18. The lowest BCUT2D eigenvalue weighted by atomic mass is 9.75. The molecule has 138 valence electrons. The van der Waals surface area contributed by atoms with Crippen LogP contribution in [0.4, 0.5) is 4.39 Å². The van der Waals surface area contributed by atoms with Gasteiger partial charge in [0.1, 0.15) is 5.82 Å². The van der Waals surface area contributed by atoms with Crippen LogP contribution < -0.4 is 0 Å². The minimum atomic E-state index is -0.161. The Labute approximate surface area is 159 Å². The predicted octanol–water partition coefficient (Wildman–Crippen LogP) is 4.97. The van der Waals surface area contributed by atoms with E-state index in [0.29, 0.717) is 17.9 Å². The molecule has 2 aromatic carbocycles. The lowest BCUT2D eigenvalue weighted by Gasteiger charge is -2.46. The van der Waals surface area contributed by atoms with Crippen molar-refractivity contribution in [2.24, 2.45) is 11.8 Å². The molecule has 2 aliphatic heterocycles. The van der Waals surface area contributed by atoms with Gasteiger partial charge < -0.3 is 4.98 Å². The van der Waals surface area contributed by atoms with E-state index in [-0.39, 0.29) is 5.82 Å². The smallest absolute Gasteiger partial charge is 0.123 e. The summed E-state index contributed by atoms with van der Waals surface area (Å²) < 4.78 is 13.6. The highest BCUT2D eigenvalue weighted by Gasteiger charge is 2.36. The Morgan fingerprint density at radius 2 is 1.96 bits per heavy atom. The number of nitrogens with zero attached hydrogens (tertiary/aromatic N) is 1. The van der Waals surface area contributed by atoms with Crippen molar-refractivity contribution >= 4 is 10.9 Å². The second-order valence-corrected chi connectivity index (χ2v) is 8.07. The van der Waals surface area contributed by atoms with Crippen molar-refractivity contribution in [3.05, 3.63) is 83.8 Å². The number of benzene rings is 2. The molecule has 1 saturated heterocycles. The van der Waals surface area contributed by atoms with Gasteiger partial charge in [-0.1, -0.05) is 42.5 Å². The zero-order valence-corrected chi connectivity index (χ0v) is 15.4. The standard InChI is InChI=1S/C24H25FN2/c25-21-7-8-23-22(14-21)19(15-26-23)10-11-27-16-18-6-9-24(27)20(13-18)12-17-4-2-1-3-5-17/h1-9,14-15,18,20,24,26H,10-13,16H2. The summed E-state index contributed by atoms with van der Waals surface area (Å²) in [7, 11) is 0. The Morgan fingerprint density at radius 3 is 2.81 bits per heavy atom. The minimum absolute atomic E-state index is 0.161. The fourth-order valence-corrected chi connectivity index (χ4v) is 5.00. The molecule has 1 fully saturated rings. The van der Waals surface area contributed by atoms with Gasteiger partial charge in [-0.25, -0.2) is 4.39 Å². The second kappa shape index (κ2) is 6.97. The summed E-state index contributed by atoms with van der Waals surface area (Å²) in [5, 5.41) is 1.02. The average molecular weight is 360 g/mol. The number of rotatable bonds is 5. The fraction of sp³-hybridized carbons (Fsp3) is 0.333. The monoisotopic (exact) mass is 360 g/mol. The maximum absolute atomic E-state index is 13.6. The summed E-state index contributed by atoms with van der Waals surface area (Å²) in [5.74, 6) is 1.20. The summed E-state index contributed by atoms with van der Waals surface area (Å²) in [6.07, 6.45) is 10.3. The molecule has 3 unspecified atom stereocenters. The lowest BCUT2D eigenvalue weighted by Crippen LogP contribution is -2.51. The van der Waals surface area contributed by atoms with Gasteiger partial charge in [0.15, 0.2) is 0 Å². The van der Waals surface area contributed by atoms with Gasteiger partial charge in [-0.2, -0.15) is 0 Å². The number of H-pyrrole nitrogens is 1. The SMILES string of the molecule is Fc1ccc2[nH]cc(CCN3CC4C=CC3C(Cc3ccccc3)C4)c2c1. The molecule has 0 spiro atoms. The highest BCUT2D eigenvalue weighted by atomic mass is 19.1. The first-order valence-corrected chi connectivity index (χ1v) is 9.98. The summed E-state index contributed by atoms with van der Waals surface area (Å²) in [5.41, 5.74) is 3.68. The van der Waals surface area contributed by atoms with E-state index in [1.54, 1.807) is 6.07 Å². The van der Waals surface area contributed by atoms with Crippen molar-refractivity contribution in [3.8, 4) is 0 Å². The van der Waals surface area contributed by atoms with Crippen LogP contribution in [0.25, 0.3) is 10.9 Å². The fourth-order valence-electron chi connectivity index (χ4n) is 5.00. The summed E-state index contributed by atoms with van der Waals surface area (Å²) in [6, 6.07) is 16.4. The zero-order chi connectivity index (χ0) is 18.2. The molecule has 1 aromatic heterocycles. The zero-order valence-electron chi connectivity index (χ0n) is 15.4. The number of aromatic amines is 1. The van der Waals surface area contributed by atoms with E-state index in [1.165, 1.54) is 23.6 Å². The first-order chi connectivity index (χ1) is 13.3. The van der Waals surface area contributed by atoms with Crippen molar-refractivity contribution in [1.82, 2.24) is 9.88 Å². The minimum Gasteiger partial charge on any atom is -0.361 e. The Balaban J connectivity index is 1.30. The van der Waals surface area contributed by atoms with Gasteiger partial charge in [0, 0.05) is 36.2 Å². The molecule has 0 saturated carbocycles. The predicted molar refractivity (Wildman–Crippen MR) is 108 cm³/mol. The quantitative estimate of drug-likeness (QED) is 0.637. The molecular formula is C24H25FN2. The van der Waals surface area contributed by atoms with Crippen LogP contribution in [0.5, 0.6) is 0 Å². The van der Waals surface area contributed by atoms with Crippen LogP contribution >= 0.6 is 0 Å². The van der Waals surface area contributed by atoms with Gasteiger partial charge in [0.2, 0.25) is 0 Å². The van der Waals surface area contributed by atoms with Crippen molar-refractivity contribution in [3.63, 3.8) is 0 Å². The highest BCUT2D eigenvalue weighted by molar-refractivity contribution is 5.83. The van der Waals surface area contributed by atoms with Crippen molar-refractivity contribution in [2.75, 3.05) is 13.1 Å². The van der Waals surface area contributed by atoms with Crippen LogP contribution in [0.1, 0.15) is 17.5 Å². The molecule has 3 heterocycles. The molecule has 1 N–H and O–H groups in total. The molecular weight excluding hydrogens is 335 g/mol. The van der Waals surface area contributed by atoms with Crippen LogP contribution in [0.3, 0.4) is 0 Å². The molecule has 3 atom stereocenters. The molecule has 2 bridgehead atoms. The Bertz CT molecular complexity index is 959. The number of hydrogen-bond acceptors (Lipinski definition) is 1. The Hall–Kier alpha value is -2.39. The van der Waals surface area contributed by atoms with Crippen molar-refractivity contribution in [1.29, 1.82) is 0 Å². The van der Waals surface area contributed by atoms with E-state index in [9.17, 15) is 4.39 Å². The first-order valence-electron chi connectivity index (χ1n) is 9.98.